The standard InChI is InChI=1S/C23H20O3S/c24-20-13-7-8-14-21(20)26-23(25)22-19(12-6-1-2-9-17-27-22)16-15-18-10-4-3-5-11-18/h1-14,17,24H,15-16H2. The van der Waals surface area contributed by atoms with Gasteiger partial charge in [-0.1, -0.05) is 72.8 Å². The van der Waals surface area contributed by atoms with E-state index in [9.17, 15) is 9.90 Å². The van der Waals surface area contributed by atoms with Crippen LogP contribution in [-0.2, 0) is 12.8 Å². The molecule has 0 bridgehead atoms. The summed E-state index contributed by atoms with van der Waals surface area (Å²) in [6.45, 7) is 0. The van der Waals surface area contributed by atoms with Gasteiger partial charge in [0.25, 0.3) is 0 Å². The molecule has 2 aromatic carbocycles. The van der Waals surface area contributed by atoms with Crippen molar-refractivity contribution in [2.75, 3.05) is 0 Å². The lowest BCUT2D eigenvalue weighted by Gasteiger charge is -2.08. The van der Waals surface area contributed by atoms with E-state index in [0.29, 0.717) is 11.3 Å². The van der Waals surface area contributed by atoms with Crippen LogP contribution in [0.3, 0.4) is 0 Å². The van der Waals surface area contributed by atoms with Gasteiger partial charge in [0.1, 0.15) is 4.88 Å². The Kier molecular flexibility index (Phi) is 6.61. The molecule has 0 aliphatic rings. The fourth-order valence-corrected chi connectivity index (χ4v) is 3.36. The molecule has 1 N–H and O–H groups in total. The van der Waals surface area contributed by atoms with E-state index in [-0.39, 0.29) is 11.5 Å². The summed E-state index contributed by atoms with van der Waals surface area (Å²) < 4.78 is 5.45. The number of hydrogen-bond donors (Lipinski definition) is 1. The Balaban J connectivity index is 1.91. The van der Waals surface area contributed by atoms with E-state index in [0.717, 1.165) is 12.0 Å². The molecule has 3 rings (SSSR count). The van der Waals surface area contributed by atoms with Crippen LogP contribution in [0.2, 0.25) is 0 Å². The zero-order chi connectivity index (χ0) is 18.9. The smallest absolute Gasteiger partial charge is 0.354 e. The molecule has 1 heterocycles. The second-order valence-electron chi connectivity index (χ2n) is 5.89. The number of hydrogen-bond acceptors (Lipinski definition) is 4. The number of carbonyl (C=O) groups excluding carboxylic acids is 1. The van der Waals surface area contributed by atoms with Crippen molar-refractivity contribution in [3.8, 4) is 11.5 Å². The summed E-state index contributed by atoms with van der Waals surface area (Å²) in [6, 6.07) is 26.2. The number of phenols is 1. The van der Waals surface area contributed by atoms with Crippen molar-refractivity contribution < 1.29 is 14.6 Å². The third-order valence-electron chi connectivity index (χ3n) is 3.97. The molecule has 0 radical (unpaired) electrons. The number of ether oxygens (including phenoxy) is 1. The molecule has 0 atom stereocenters. The van der Waals surface area contributed by atoms with E-state index in [1.165, 1.54) is 23.0 Å². The number of carbonyl (C=O) groups is 1. The average Bonchev–Trinajstić information content (AvgIpc) is 2.81. The number of phenolic OH excluding ortho intramolecular Hbond substituents is 1. The van der Waals surface area contributed by atoms with E-state index < -0.39 is 5.97 Å². The quantitative estimate of drug-likeness (QED) is 0.467. The minimum Gasteiger partial charge on any atom is -0.504 e. The van der Waals surface area contributed by atoms with Gasteiger partial charge in [0, 0.05) is 0 Å². The van der Waals surface area contributed by atoms with Crippen LogP contribution >= 0.6 is 11.3 Å². The third kappa shape index (κ3) is 5.43. The highest BCUT2D eigenvalue weighted by Gasteiger charge is 2.15. The number of aryl methyl sites for hydroxylation is 2. The van der Waals surface area contributed by atoms with Crippen molar-refractivity contribution in [3.05, 3.63) is 106 Å². The maximum Gasteiger partial charge on any atom is 0.354 e. The molecule has 0 fully saturated rings. The van der Waals surface area contributed by atoms with E-state index in [4.69, 9.17) is 4.74 Å². The molecule has 0 aliphatic heterocycles. The highest BCUT2D eigenvalue weighted by molar-refractivity contribution is 7.11. The minimum atomic E-state index is -0.472. The number of para-hydroxylation sites is 2. The van der Waals surface area contributed by atoms with Crippen molar-refractivity contribution in [1.82, 2.24) is 0 Å². The molecular formula is C23H20O3S. The first-order valence-corrected chi connectivity index (χ1v) is 9.56. The highest BCUT2D eigenvalue weighted by Crippen LogP contribution is 2.26. The van der Waals surface area contributed by atoms with Gasteiger partial charge in [-0.3, -0.25) is 0 Å². The Labute approximate surface area is 162 Å². The molecule has 0 aliphatic carbocycles. The van der Waals surface area contributed by atoms with Crippen LogP contribution in [0.4, 0.5) is 0 Å². The molecule has 0 unspecified atom stereocenters. The summed E-state index contributed by atoms with van der Waals surface area (Å²) in [4.78, 5) is 13.3. The molecule has 0 saturated heterocycles. The number of rotatable bonds is 5. The normalized spacial score (nSPS) is 10.1. The SMILES string of the molecule is O=C(Oc1ccccc1O)c1sccccccc1CCc1ccccc1. The molecule has 3 aromatic rings. The second kappa shape index (κ2) is 9.55. The second-order valence-corrected chi connectivity index (χ2v) is 6.80. The molecular weight excluding hydrogens is 356 g/mol. The topological polar surface area (TPSA) is 46.5 Å². The Morgan fingerprint density at radius 2 is 1.48 bits per heavy atom. The van der Waals surface area contributed by atoms with Crippen molar-refractivity contribution in [1.29, 1.82) is 0 Å². The lowest BCUT2D eigenvalue weighted by atomic mass is 10.0. The largest absolute Gasteiger partial charge is 0.504 e. The van der Waals surface area contributed by atoms with E-state index in [1.54, 1.807) is 18.2 Å². The van der Waals surface area contributed by atoms with Crippen LogP contribution in [0, 0.1) is 0 Å². The van der Waals surface area contributed by atoms with Crippen LogP contribution < -0.4 is 4.74 Å². The predicted octanol–water partition coefficient (Wildman–Crippen LogP) is 5.58. The van der Waals surface area contributed by atoms with Crippen LogP contribution in [-0.4, -0.2) is 11.1 Å². The monoisotopic (exact) mass is 376 g/mol. The van der Waals surface area contributed by atoms with E-state index >= 15 is 0 Å². The first kappa shape index (κ1) is 18.7. The summed E-state index contributed by atoms with van der Waals surface area (Å²) in [5.74, 6) is -0.372. The summed E-state index contributed by atoms with van der Waals surface area (Å²) >= 11 is 1.33. The molecule has 1 aromatic heterocycles. The lowest BCUT2D eigenvalue weighted by molar-refractivity contribution is 0.0733. The van der Waals surface area contributed by atoms with Gasteiger partial charge in [-0.2, -0.15) is 0 Å². The molecule has 27 heavy (non-hydrogen) atoms. The number of aromatic hydroxyl groups is 1. The van der Waals surface area contributed by atoms with Crippen LogP contribution in [0.1, 0.15) is 20.8 Å². The fourth-order valence-electron chi connectivity index (χ4n) is 2.59. The zero-order valence-corrected chi connectivity index (χ0v) is 15.6. The maximum atomic E-state index is 12.8. The van der Waals surface area contributed by atoms with Crippen molar-refractivity contribution >= 4 is 17.3 Å². The summed E-state index contributed by atoms with van der Waals surface area (Å²) in [7, 11) is 0. The van der Waals surface area contributed by atoms with E-state index in [1.807, 2.05) is 53.9 Å². The zero-order valence-electron chi connectivity index (χ0n) is 14.7. The third-order valence-corrected chi connectivity index (χ3v) is 4.92. The summed E-state index contributed by atoms with van der Waals surface area (Å²) in [6.07, 6.45) is 1.53. The Hall–Kier alpha value is -3.11. The maximum absolute atomic E-state index is 12.8. The van der Waals surface area contributed by atoms with Crippen molar-refractivity contribution in [2.45, 2.75) is 12.8 Å². The molecule has 4 heteroatoms. The average molecular weight is 376 g/mol. The molecule has 0 saturated carbocycles. The Bertz CT molecular complexity index is 946. The fraction of sp³-hybridized carbons (Fsp3) is 0.0870. The van der Waals surface area contributed by atoms with Gasteiger partial charge in [0.2, 0.25) is 0 Å². The van der Waals surface area contributed by atoms with Crippen molar-refractivity contribution in [3.63, 3.8) is 0 Å². The Morgan fingerprint density at radius 1 is 0.815 bits per heavy atom. The van der Waals surface area contributed by atoms with Crippen LogP contribution in [0.5, 0.6) is 11.5 Å². The first-order valence-electron chi connectivity index (χ1n) is 8.68. The molecule has 136 valence electrons. The van der Waals surface area contributed by atoms with Gasteiger partial charge in [0.15, 0.2) is 11.5 Å². The summed E-state index contributed by atoms with van der Waals surface area (Å²) in [5.41, 5.74) is 2.11. The molecule has 0 spiro atoms. The van der Waals surface area contributed by atoms with Crippen LogP contribution in [0.15, 0.2) is 90.3 Å². The van der Waals surface area contributed by atoms with Gasteiger partial charge in [-0.25, -0.2) is 4.79 Å². The minimum absolute atomic E-state index is 0.0573. The number of esters is 1. The van der Waals surface area contributed by atoms with Crippen molar-refractivity contribution in [2.24, 2.45) is 0 Å². The number of benzene rings is 2. The van der Waals surface area contributed by atoms with E-state index in [2.05, 4.69) is 12.1 Å². The molecule has 3 nitrogen and oxygen atoms in total. The van der Waals surface area contributed by atoms with Gasteiger partial charge in [-0.05, 0) is 41.5 Å². The molecule has 0 amide bonds. The lowest BCUT2D eigenvalue weighted by Crippen LogP contribution is -2.10. The highest BCUT2D eigenvalue weighted by atomic mass is 32.1. The van der Waals surface area contributed by atoms with Gasteiger partial charge in [-0.15, -0.1) is 11.3 Å². The summed E-state index contributed by atoms with van der Waals surface area (Å²) in [5, 5.41) is 11.7. The Morgan fingerprint density at radius 3 is 2.30 bits per heavy atom. The predicted molar refractivity (Wildman–Crippen MR) is 109 cm³/mol. The van der Waals surface area contributed by atoms with Gasteiger partial charge < -0.3 is 9.84 Å². The van der Waals surface area contributed by atoms with Crippen LogP contribution in [0.25, 0.3) is 0 Å². The van der Waals surface area contributed by atoms with Gasteiger partial charge in [0.05, 0.1) is 0 Å². The first-order chi connectivity index (χ1) is 13.2. The van der Waals surface area contributed by atoms with Gasteiger partial charge >= 0.3 is 5.97 Å².